The van der Waals surface area contributed by atoms with Crippen LogP contribution in [0.15, 0.2) is 36.4 Å². The summed E-state index contributed by atoms with van der Waals surface area (Å²) in [6, 6.07) is 4.67. The molecule has 1 unspecified atom stereocenters. The molecule has 12 heteroatoms. The molecule has 1 fully saturated rings. The summed E-state index contributed by atoms with van der Waals surface area (Å²) in [5.41, 5.74) is 4.40. The SMILES string of the molecule is Cc1cc2c(c(O)c1C)[C@@H]1C3Cc4c(O)c(C)c5c(c4[C@H](COC(=O)/C=C/c4cccc(C(F)(F)F)c4)N3[C@@H](O)[C@@H](C2)N1C)OCO5. The van der Waals surface area contributed by atoms with Crippen LogP contribution in [-0.4, -0.2) is 69.8 Å². The van der Waals surface area contributed by atoms with Crippen molar-refractivity contribution < 1.29 is 47.5 Å². The van der Waals surface area contributed by atoms with Crippen LogP contribution in [0.3, 0.4) is 0 Å². The van der Waals surface area contributed by atoms with Gasteiger partial charge >= 0.3 is 12.1 Å². The highest BCUT2D eigenvalue weighted by Gasteiger charge is 2.56. The van der Waals surface area contributed by atoms with E-state index < -0.39 is 36.0 Å². The smallest absolute Gasteiger partial charge is 0.416 e. The molecule has 0 aliphatic carbocycles. The van der Waals surface area contributed by atoms with Crippen molar-refractivity contribution in [3.63, 3.8) is 0 Å². The van der Waals surface area contributed by atoms with E-state index in [2.05, 4.69) is 11.0 Å². The van der Waals surface area contributed by atoms with Gasteiger partial charge < -0.3 is 29.5 Å². The standard InChI is InChI=1S/C35H35F3N2O7/c1-16-10-20-12-24-34(44)40-23(29(39(24)4)27(20)31(43)17(16)2)13-22-28(33-32(46-15-47-33)18(3)30(22)42)25(40)14-45-26(41)9-8-19-6-5-7-21(11-19)35(36,37)38/h5-11,23-25,29,34,42-44H,12-15H2,1-4H3/b9-8+/t23?,24-,25+,29+,34+/m1/s1. The number of rotatable bonds is 4. The zero-order chi connectivity index (χ0) is 33.5. The number of aryl methyl sites for hydroxylation is 1. The Labute approximate surface area is 269 Å². The Balaban J connectivity index is 1.28. The number of benzene rings is 3. The van der Waals surface area contributed by atoms with Crippen LogP contribution >= 0.6 is 0 Å². The molecule has 0 radical (unpaired) electrons. The minimum Gasteiger partial charge on any atom is -0.507 e. The lowest BCUT2D eigenvalue weighted by atomic mass is 9.73. The molecule has 0 spiro atoms. The molecule has 4 aliphatic rings. The van der Waals surface area contributed by atoms with Crippen LogP contribution in [0.25, 0.3) is 6.08 Å². The van der Waals surface area contributed by atoms with Crippen molar-refractivity contribution in [3.05, 3.63) is 86.5 Å². The van der Waals surface area contributed by atoms with E-state index in [1.807, 2.05) is 25.8 Å². The van der Waals surface area contributed by atoms with Crippen molar-refractivity contribution in [3.8, 4) is 23.0 Å². The van der Waals surface area contributed by atoms with Gasteiger partial charge in [0.05, 0.1) is 23.7 Å². The lowest BCUT2D eigenvalue weighted by Crippen LogP contribution is -2.68. The fourth-order valence-electron chi connectivity index (χ4n) is 7.87. The first kappa shape index (κ1) is 31.3. The largest absolute Gasteiger partial charge is 0.507 e. The molecule has 3 aromatic rings. The van der Waals surface area contributed by atoms with E-state index in [9.17, 15) is 33.3 Å². The monoisotopic (exact) mass is 652 g/mol. The number of alkyl halides is 3. The van der Waals surface area contributed by atoms with Gasteiger partial charge in [-0.3, -0.25) is 9.80 Å². The van der Waals surface area contributed by atoms with Crippen LogP contribution in [0.1, 0.15) is 62.2 Å². The number of carbonyl (C=O) groups is 1. The van der Waals surface area contributed by atoms with E-state index in [1.165, 1.54) is 18.2 Å². The molecule has 3 aromatic carbocycles. The van der Waals surface area contributed by atoms with Gasteiger partial charge in [-0.1, -0.05) is 18.2 Å². The summed E-state index contributed by atoms with van der Waals surface area (Å²) < 4.78 is 56.9. The van der Waals surface area contributed by atoms with Gasteiger partial charge in [0.1, 0.15) is 24.3 Å². The molecule has 9 nitrogen and oxygen atoms in total. The van der Waals surface area contributed by atoms with Crippen LogP contribution in [-0.2, 0) is 28.5 Å². The number of halogens is 3. The Bertz CT molecular complexity index is 1820. The maximum atomic E-state index is 13.2. The molecular formula is C35H35F3N2O7. The van der Waals surface area contributed by atoms with Crippen molar-refractivity contribution in [2.24, 2.45) is 0 Å². The summed E-state index contributed by atoms with van der Waals surface area (Å²) in [4.78, 5) is 17.0. The molecule has 4 aliphatic heterocycles. The Kier molecular flexibility index (Phi) is 7.45. The van der Waals surface area contributed by atoms with Crippen molar-refractivity contribution in [1.29, 1.82) is 0 Å². The number of piperazine rings is 1. The number of nitrogens with zero attached hydrogens (tertiary/aromatic N) is 2. The van der Waals surface area contributed by atoms with Crippen LogP contribution in [0, 0.1) is 20.8 Å². The van der Waals surface area contributed by atoms with Crippen LogP contribution in [0.2, 0.25) is 0 Å². The van der Waals surface area contributed by atoms with Gasteiger partial charge in [0.2, 0.25) is 6.79 Å². The third-order valence-electron chi connectivity index (χ3n) is 10.3. The first-order chi connectivity index (χ1) is 22.3. The number of ether oxygens (including phenoxy) is 3. The quantitative estimate of drug-likeness (QED) is 0.258. The van der Waals surface area contributed by atoms with Gasteiger partial charge in [0.25, 0.3) is 0 Å². The zero-order valence-corrected chi connectivity index (χ0v) is 26.3. The summed E-state index contributed by atoms with van der Waals surface area (Å²) in [7, 11) is 1.92. The number of aliphatic hydroxyl groups excluding tert-OH is 1. The van der Waals surface area contributed by atoms with Crippen LogP contribution < -0.4 is 9.47 Å². The molecule has 248 valence electrons. The number of hydrogen-bond acceptors (Lipinski definition) is 9. The Morgan fingerprint density at radius 3 is 2.51 bits per heavy atom. The second-order valence-corrected chi connectivity index (χ2v) is 12.8. The van der Waals surface area contributed by atoms with Crippen molar-refractivity contribution in [2.75, 3.05) is 20.4 Å². The molecule has 7 rings (SSSR count). The number of fused-ring (bicyclic) bond motifs is 9. The van der Waals surface area contributed by atoms with Crippen molar-refractivity contribution in [2.45, 2.75) is 70.2 Å². The van der Waals surface area contributed by atoms with E-state index in [1.54, 1.807) is 6.92 Å². The number of aliphatic hydroxyl groups is 1. The van der Waals surface area contributed by atoms with Gasteiger partial charge in [-0.2, -0.15) is 13.2 Å². The third-order valence-corrected chi connectivity index (χ3v) is 10.3. The van der Waals surface area contributed by atoms with Gasteiger partial charge in [0.15, 0.2) is 11.5 Å². The predicted octanol–water partition coefficient (Wildman–Crippen LogP) is 5.22. The van der Waals surface area contributed by atoms with E-state index >= 15 is 0 Å². The highest BCUT2D eigenvalue weighted by atomic mass is 19.4. The lowest BCUT2D eigenvalue weighted by molar-refractivity contribution is -0.182. The minimum absolute atomic E-state index is 0.0178. The van der Waals surface area contributed by atoms with E-state index in [4.69, 9.17) is 14.2 Å². The predicted molar refractivity (Wildman–Crippen MR) is 164 cm³/mol. The number of carbonyl (C=O) groups excluding carboxylic acids is 1. The Morgan fingerprint density at radius 1 is 1.02 bits per heavy atom. The molecule has 1 saturated heterocycles. The Hall–Kier alpha value is -4.26. The fraction of sp³-hybridized carbons (Fsp3) is 0.400. The number of hydrogen-bond donors (Lipinski definition) is 3. The maximum Gasteiger partial charge on any atom is 0.416 e. The van der Waals surface area contributed by atoms with Gasteiger partial charge in [-0.25, -0.2) is 4.79 Å². The third kappa shape index (κ3) is 4.92. The van der Waals surface area contributed by atoms with E-state index in [0.717, 1.165) is 40.5 Å². The van der Waals surface area contributed by atoms with E-state index in [0.29, 0.717) is 41.0 Å². The van der Waals surface area contributed by atoms with Gasteiger partial charge in [-0.05, 0) is 81.1 Å². The van der Waals surface area contributed by atoms with Crippen molar-refractivity contribution >= 4 is 12.0 Å². The summed E-state index contributed by atoms with van der Waals surface area (Å²) in [6.07, 6.45) is -2.49. The number of aromatic hydroxyl groups is 2. The number of phenols is 2. The molecule has 0 aromatic heterocycles. The highest BCUT2D eigenvalue weighted by Crippen LogP contribution is 2.57. The van der Waals surface area contributed by atoms with E-state index in [-0.39, 0.29) is 42.5 Å². The fourth-order valence-corrected chi connectivity index (χ4v) is 7.87. The highest BCUT2D eigenvalue weighted by molar-refractivity contribution is 5.87. The van der Waals surface area contributed by atoms with Crippen LogP contribution in [0.4, 0.5) is 13.2 Å². The van der Waals surface area contributed by atoms with Gasteiger partial charge in [0, 0.05) is 34.4 Å². The Morgan fingerprint density at radius 2 is 1.77 bits per heavy atom. The second-order valence-electron chi connectivity index (χ2n) is 12.8. The molecule has 4 heterocycles. The first-order valence-corrected chi connectivity index (χ1v) is 15.4. The molecule has 0 saturated carbocycles. The zero-order valence-electron chi connectivity index (χ0n) is 26.3. The maximum absolute atomic E-state index is 13.2. The molecule has 5 atom stereocenters. The first-order valence-electron chi connectivity index (χ1n) is 15.4. The van der Waals surface area contributed by atoms with Gasteiger partial charge in [-0.15, -0.1) is 0 Å². The summed E-state index contributed by atoms with van der Waals surface area (Å²) in [5.74, 6) is 0.198. The molecular weight excluding hydrogens is 617 g/mol. The molecule has 2 bridgehead atoms. The molecule has 3 N–H and O–H groups in total. The topological polar surface area (TPSA) is 112 Å². The second kappa shape index (κ2) is 11.2. The average Bonchev–Trinajstić information content (AvgIpc) is 3.52. The minimum atomic E-state index is -4.53. The number of phenolic OH excluding ortho intramolecular Hbond substituents is 2. The van der Waals surface area contributed by atoms with Crippen LogP contribution in [0.5, 0.6) is 23.0 Å². The van der Waals surface area contributed by atoms with Crippen molar-refractivity contribution in [1.82, 2.24) is 9.80 Å². The summed E-state index contributed by atoms with van der Waals surface area (Å²) in [6.45, 7) is 5.21. The number of likely N-dealkylation sites (N-methyl/N-ethyl adjacent to an activating group) is 1. The summed E-state index contributed by atoms with van der Waals surface area (Å²) in [5, 5.41) is 35.0. The average molecular weight is 653 g/mol. The molecule has 47 heavy (non-hydrogen) atoms. The normalized spacial score (nSPS) is 25.0. The molecule has 0 amide bonds. The lowest BCUT2D eigenvalue weighted by Gasteiger charge is -2.60. The summed E-state index contributed by atoms with van der Waals surface area (Å²) >= 11 is 0. The number of esters is 1.